The number of nitrogens with zero attached hydrogens (tertiary/aromatic N) is 4. The summed E-state index contributed by atoms with van der Waals surface area (Å²) in [7, 11) is 3.60. The van der Waals surface area contributed by atoms with Crippen molar-refractivity contribution in [1.29, 1.82) is 0 Å². The number of thioether (sulfide) groups is 1. The van der Waals surface area contributed by atoms with E-state index >= 15 is 0 Å². The van der Waals surface area contributed by atoms with Crippen LogP contribution in [-0.2, 0) is 10.8 Å². The number of aromatic hydroxyl groups is 1. The molecule has 0 saturated heterocycles. The van der Waals surface area contributed by atoms with E-state index in [4.69, 9.17) is 4.52 Å². The van der Waals surface area contributed by atoms with Crippen LogP contribution in [0.5, 0.6) is 5.75 Å². The van der Waals surface area contributed by atoms with Gasteiger partial charge in [-0.05, 0) is 28.9 Å². The lowest BCUT2D eigenvalue weighted by molar-refractivity contribution is -0.753. The molecule has 0 spiro atoms. The molecule has 0 unspecified atom stereocenters. The van der Waals surface area contributed by atoms with Crippen molar-refractivity contribution >= 4 is 23.5 Å². The molecule has 0 fully saturated rings. The number of hydrogen-bond donors (Lipinski definition) is 1. The van der Waals surface area contributed by atoms with Crippen molar-refractivity contribution in [3.8, 4) is 5.75 Å². The highest BCUT2D eigenvalue weighted by Crippen LogP contribution is 2.41. The van der Waals surface area contributed by atoms with Crippen LogP contribution in [0.4, 0.5) is 5.88 Å². The van der Waals surface area contributed by atoms with Crippen LogP contribution in [0.1, 0.15) is 52.7 Å². The molecular formula is C20H30N4O3S. The largest absolute Gasteiger partial charge is 0.861 e. The summed E-state index contributed by atoms with van der Waals surface area (Å²) >= 11 is 1.40. The van der Waals surface area contributed by atoms with Crippen LogP contribution in [0, 0.1) is 0 Å². The quantitative estimate of drug-likeness (QED) is 0.355. The zero-order valence-corrected chi connectivity index (χ0v) is 18.7. The van der Waals surface area contributed by atoms with Gasteiger partial charge in [0.05, 0.1) is 18.9 Å². The molecule has 7 nitrogen and oxygen atoms in total. The molecule has 0 bridgehead atoms. The van der Waals surface area contributed by atoms with Crippen molar-refractivity contribution in [3.05, 3.63) is 29.5 Å². The number of benzene rings is 1. The fraction of sp³-hybridized carbons (Fsp3) is 0.550. The van der Waals surface area contributed by atoms with Gasteiger partial charge in [0.15, 0.2) is 0 Å². The van der Waals surface area contributed by atoms with Crippen LogP contribution in [-0.4, -0.2) is 36.1 Å². The maximum absolute atomic E-state index is 12.2. The minimum Gasteiger partial charge on any atom is -0.861 e. The van der Waals surface area contributed by atoms with Crippen LogP contribution in [0.25, 0.3) is 0 Å². The lowest BCUT2D eigenvalue weighted by Gasteiger charge is -2.28. The molecule has 0 saturated carbocycles. The van der Waals surface area contributed by atoms with E-state index in [-0.39, 0.29) is 28.4 Å². The molecule has 0 radical (unpaired) electrons. The molecule has 1 aromatic heterocycles. The summed E-state index contributed by atoms with van der Waals surface area (Å²) in [6.07, 6.45) is 1.54. The molecule has 1 N–H and O–H groups in total. The first kappa shape index (κ1) is 22.1. The smallest absolute Gasteiger partial charge is 0.324 e. The summed E-state index contributed by atoms with van der Waals surface area (Å²) < 4.78 is 5.03. The zero-order valence-electron chi connectivity index (χ0n) is 17.9. The van der Waals surface area contributed by atoms with Crippen molar-refractivity contribution in [2.24, 2.45) is 4.99 Å². The number of rotatable bonds is 5. The Morgan fingerprint density at radius 2 is 1.71 bits per heavy atom. The van der Waals surface area contributed by atoms with E-state index in [9.17, 15) is 10.2 Å². The van der Waals surface area contributed by atoms with E-state index in [2.05, 4.69) is 51.8 Å². The SMILES string of the molecule is CN(C)[n+]1cc(N=C([O-])CSc2cc(C(C)(C)C)c(O)c(C(C)(C)C)c2)on1. The maximum Gasteiger partial charge on any atom is 0.324 e. The third kappa shape index (κ3) is 5.41. The molecule has 0 aliphatic carbocycles. The summed E-state index contributed by atoms with van der Waals surface area (Å²) in [4.78, 5) is 6.33. The number of aromatic nitrogens is 2. The predicted molar refractivity (Wildman–Crippen MR) is 110 cm³/mol. The maximum atomic E-state index is 12.2. The van der Waals surface area contributed by atoms with Gasteiger partial charge in [-0.25, -0.2) is 4.99 Å². The minimum atomic E-state index is -0.310. The fourth-order valence-electron chi connectivity index (χ4n) is 2.60. The molecule has 8 heteroatoms. The van der Waals surface area contributed by atoms with Crippen LogP contribution in [0.2, 0.25) is 0 Å². The third-order valence-corrected chi connectivity index (χ3v) is 5.11. The van der Waals surface area contributed by atoms with Gasteiger partial charge in [0.25, 0.3) is 6.20 Å². The molecule has 2 rings (SSSR count). The molecule has 0 aliphatic rings. The second-order valence-corrected chi connectivity index (χ2v) is 10.0. The van der Waals surface area contributed by atoms with Gasteiger partial charge in [-0.2, -0.15) is 5.01 Å². The Kier molecular flexibility index (Phi) is 6.33. The second kappa shape index (κ2) is 8.03. The van der Waals surface area contributed by atoms with E-state index in [0.29, 0.717) is 5.75 Å². The van der Waals surface area contributed by atoms with Crippen LogP contribution < -0.4 is 14.9 Å². The molecular weight excluding hydrogens is 376 g/mol. The van der Waals surface area contributed by atoms with Crippen molar-refractivity contribution in [2.75, 3.05) is 24.9 Å². The Labute approximate surface area is 171 Å². The molecule has 1 aromatic carbocycles. The van der Waals surface area contributed by atoms with Crippen molar-refractivity contribution in [3.63, 3.8) is 0 Å². The molecule has 2 aromatic rings. The summed E-state index contributed by atoms with van der Waals surface area (Å²) in [5.41, 5.74) is 1.31. The summed E-state index contributed by atoms with van der Waals surface area (Å²) in [6.45, 7) is 12.4. The Morgan fingerprint density at radius 3 is 2.14 bits per heavy atom. The van der Waals surface area contributed by atoms with Gasteiger partial charge in [-0.15, -0.1) is 11.8 Å². The highest BCUT2D eigenvalue weighted by molar-refractivity contribution is 8.00. The van der Waals surface area contributed by atoms with E-state index in [1.54, 1.807) is 25.3 Å². The molecule has 28 heavy (non-hydrogen) atoms. The molecule has 1 heterocycles. The van der Waals surface area contributed by atoms with Crippen LogP contribution in [0.3, 0.4) is 0 Å². The summed E-state index contributed by atoms with van der Waals surface area (Å²) in [5.74, 6) is 0.349. The second-order valence-electron chi connectivity index (χ2n) is 8.97. The predicted octanol–water partition coefficient (Wildman–Crippen LogP) is 2.64. The first-order valence-electron chi connectivity index (χ1n) is 9.10. The van der Waals surface area contributed by atoms with Crippen molar-refractivity contribution < 1.29 is 19.5 Å². The minimum absolute atomic E-state index is 0.163. The molecule has 0 atom stereocenters. The van der Waals surface area contributed by atoms with Crippen molar-refractivity contribution in [1.82, 2.24) is 5.27 Å². The fourth-order valence-corrected chi connectivity index (χ4v) is 3.36. The van der Waals surface area contributed by atoms with Gasteiger partial charge in [0.1, 0.15) is 5.75 Å². The topological polar surface area (TPSA) is 88.8 Å². The first-order chi connectivity index (χ1) is 12.8. The van der Waals surface area contributed by atoms with Crippen LogP contribution in [0.15, 0.2) is 32.7 Å². The van der Waals surface area contributed by atoms with Gasteiger partial charge in [0, 0.05) is 21.8 Å². The Hall–Kier alpha value is -2.22. The Morgan fingerprint density at radius 1 is 1.18 bits per heavy atom. The highest BCUT2D eigenvalue weighted by Gasteiger charge is 2.26. The Balaban J connectivity index is 2.26. The van der Waals surface area contributed by atoms with E-state index in [1.807, 2.05) is 12.1 Å². The number of aliphatic imine (C=N–C) groups is 1. The van der Waals surface area contributed by atoms with E-state index < -0.39 is 0 Å². The van der Waals surface area contributed by atoms with Crippen LogP contribution >= 0.6 is 11.8 Å². The average Bonchev–Trinajstić information content (AvgIpc) is 3.00. The lowest BCUT2D eigenvalue weighted by Crippen LogP contribution is -2.53. The number of phenols is 1. The lowest BCUT2D eigenvalue weighted by atomic mass is 9.79. The van der Waals surface area contributed by atoms with Gasteiger partial charge >= 0.3 is 5.88 Å². The monoisotopic (exact) mass is 406 g/mol. The van der Waals surface area contributed by atoms with Gasteiger partial charge in [-0.3, -0.25) is 4.52 Å². The van der Waals surface area contributed by atoms with Gasteiger partial charge < -0.3 is 10.2 Å². The standard InChI is InChI=1S/C20H30N4O3S/c1-19(2,3)14-9-13(10-15(18(14)26)20(4,5)6)28-12-16(25)21-17-11-24(22-27-17)23(7)8/h9-11H,12H2,1-8H3,(H-,21,22,25,26). The zero-order chi connectivity index (χ0) is 21.3. The normalized spacial score (nSPS) is 13.1. The van der Waals surface area contributed by atoms with Gasteiger partial charge in [0.2, 0.25) is 5.27 Å². The van der Waals surface area contributed by atoms with Crippen molar-refractivity contribution in [2.45, 2.75) is 57.3 Å². The van der Waals surface area contributed by atoms with Gasteiger partial charge in [-0.1, -0.05) is 41.5 Å². The highest BCUT2D eigenvalue weighted by atomic mass is 32.2. The Bertz CT molecular complexity index is 826. The van der Waals surface area contributed by atoms with E-state index in [1.165, 1.54) is 16.6 Å². The first-order valence-corrected chi connectivity index (χ1v) is 10.1. The van der Waals surface area contributed by atoms with E-state index in [0.717, 1.165) is 16.0 Å². The number of hydrogen-bond acceptors (Lipinski definition) is 7. The molecule has 0 amide bonds. The average molecular weight is 407 g/mol. The third-order valence-electron chi connectivity index (χ3n) is 4.15. The number of phenolic OH excluding ortho intramolecular Hbond substituents is 1. The summed E-state index contributed by atoms with van der Waals surface area (Å²) in [6, 6.07) is 3.91. The summed E-state index contributed by atoms with van der Waals surface area (Å²) in [5, 5.41) is 28.5. The molecule has 154 valence electrons. The molecule has 0 aliphatic heterocycles.